The van der Waals surface area contributed by atoms with Gasteiger partial charge in [0.05, 0.1) is 4.83 Å². The Labute approximate surface area is 149 Å². The molecule has 0 radical (unpaired) electrons. The Balaban J connectivity index is 2.30. The van der Waals surface area contributed by atoms with Crippen LogP contribution in [0.15, 0.2) is 46.9 Å². The maximum atomic E-state index is 6.13. The first-order valence-corrected chi connectivity index (χ1v) is 9.12. The quantitative estimate of drug-likeness (QED) is 0.447. The van der Waals surface area contributed by atoms with E-state index in [1.807, 2.05) is 12.1 Å². The van der Waals surface area contributed by atoms with Gasteiger partial charge in [0.1, 0.15) is 0 Å². The van der Waals surface area contributed by atoms with Gasteiger partial charge in [-0.3, -0.25) is 0 Å². The van der Waals surface area contributed by atoms with E-state index in [4.69, 9.17) is 11.6 Å². The van der Waals surface area contributed by atoms with Gasteiger partial charge in [-0.25, -0.2) is 0 Å². The van der Waals surface area contributed by atoms with Crippen LogP contribution in [-0.2, 0) is 5.41 Å². The average Bonchev–Trinajstić information content (AvgIpc) is 2.45. The normalized spacial score (nSPS) is 13.2. The van der Waals surface area contributed by atoms with Crippen LogP contribution in [0.5, 0.6) is 0 Å². The summed E-state index contributed by atoms with van der Waals surface area (Å²) in [5.74, 6) is 0. The van der Waals surface area contributed by atoms with Crippen molar-refractivity contribution >= 4 is 43.5 Å². The van der Waals surface area contributed by atoms with Crippen molar-refractivity contribution in [1.29, 1.82) is 0 Å². The van der Waals surface area contributed by atoms with E-state index in [0.29, 0.717) is 0 Å². The molecule has 0 saturated carbocycles. The maximum Gasteiger partial charge on any atom is 0.0645 e. The highest BCUT2D eigenvalue weighted by Crippen LogP contribution is 2.35. The van der Waals surface area contributed by atoms with Gasteiger partial charge < -0.3 is 0 Å². The second-order valence-corrected chi connectivity index (χ2v) is 8.19. The topological polar surface area (TPSA) is 0 Å². The molecular formula is C18H19Br2Cl. The van der Waals surface area contributed by atoms with Crippen LogP contribution < -0.4 is 0 Å². The molecule has 0 nitrogen and oxygen atoms in total. The van der Waals surface area contributed by atoms with Crippen LogP contribution in [-0.4, -0.2) is 0 Å². The fourth-order valence-corrected chi connectivity index (χ4v) is 3.68. The summed E-state index contributed by atoms with van der Waals surface area (Å²) in [6.07, 6.45) is 1.13. The minimum absolute atomic E-state index is 0.145. The molecule has 0 aliphatic rings. The van der Waals surface area contributed by atoms with Gasteiger partial charge in [-0.1, -0.05) is 88.5 Å². The standard InChI is InChI=1S/C18H19Br2Cl/c1-4-18(2,3)14-7-5-12(6-8-14)17(20)13-9-15(19)11-16(21)10-13/h5-11,17H,4H2,1-3H3. The molecule has 2 rings (SSSR count). The highest BCUT2D eigenvalue weighted by molar-refractivity contribution is 9.10. The third-order valence-corrected chi connectivity index (χ3v) is 5.78. The Bertz CT molecular complexity index is 597. The molecule has 0 N–H and O–H groups in total. The SMILES string of the molecule is CCC(C)(C)c1ccc(C(Br)c2cc(Cl)cc(Br)c2)cc1. The zero-order valence-electron chi connectivity index (χ0n) is 12.5. The van der Waals surface area contributed by atoms with Gasteiger partial charge in [0.2, 0.25) is 0 Å². The summed E-state index contributed by atoms with van der Waals surface area (Å²) in [6.45, 7) is 6.79. The lowest BCUT2D eigenvalue weighted by atomic mass is 9.82. The van der Waals surface area contributed by atoms with Crippen LogP contribution in [0.1, 0.15) is 48.7 Å². The third kappa shape index (κ3) is 4.12. The highest BCUT2D eigenvalue weighted by atomic mass is 79.9. The number of benzene rings is 2. The van der Waals surface area contributed by atoms with E-state index in [1.165, 1.54) is 11.1 Å². The lowest BCUT2D eigenvalue weighted by Gasteiger charge is -2.24. The lowest BCUT2D eigenvalue weighted by Crippen LogP contribution is -2.15. The van der Waals surface area contributed by atoms with E-state index in [2.05, 4.69) is 83.0 Å². The van der Waals surface area contributed by atoms with Crippen molar-refractivity contribution in [1.82, 2.24) is 0 Å². The van der Waals surface area contributed by atoms with E-state index < -0.39 is 0 Å². The zero-order chi connectivity index (χ0) is 15.6. The molecule has 3 heteroatoms. The molecule has 1 unspecified atom stereocenters. The van der Waals surface area contributed by atoms with E-state index in [1.54, 1.807) is 0 Å². The molecule has 0 saturated heterocycles. The van der Waals surface area contributed by atoms with Crippen LogP contribution in [0.3, 0.4) is 0 Å². The van der Waals surface area contributed by atoms with Crippen molar-refractivity contribution in [2.45, 2.75) is 37.4 Å². The average molecular weight is 431 g/mol. The molecule has 112 valence electrons. The van der Waals surface area contributed by atoms with Crippen LogP contribution in [0.2, 0.25) is 5.02 Å². The summed E-state index contributed by atoms with van der Waals surface area (Å²) in [6, 6.07) is 14.8. The van der Waals surface area contributed by atoms with Crippen molar-refractivity contribution in [3.05, 3.63) is 68.7 Å². The highest BCUT2D eigenvalue weighted by Gasteiger charge is 2.18. The van der Waals surface area contributed by atoms with Crippen LogP contribution in [0.25, 0.3) is 0 Å². The molecule has 1 atom stereocenters. The first-order valence-electron chi connectivity index (χ1n) is 7.04. The van der Waals surface area contributed by atoms with Crippen molar-refractivity contribution < 1.29 is 0 Å². The summed E-state index contributed by atoms with van der Waals surface area (Å²) in [5, 5.41) is 0.743. The van der Waals surface area contributed by atoms with E-state index in [0.717, 1.165) is 21.5 Å². The Hall–Kier alpha value is -0.310. The molecule has 0 fully saturated rings. The first kappa shape index (κ1) is 17.1. The second kappa shape index (κ2) is 6.85. The maximum absolute atomic E-state index is 6.13. The molecular weight excluding hydrogens is 411 g/mol. The van der Waals surface area contributed by atoms with E-state index in [-0.39, 0.29) is 10.2 Å². The van der Waals surface area contributed by atoms with Gasteiger partial charge in [-0.2, -0.15) is 0 Å². The van der Waals surface area contributed by atoms with E-state index in [9.17, 15) is 0 Å². The molecule has 0 aromatic heterocycles. The molecule has 0 bridgehead atoms. The molecule has 2 aromatic carbocycles. The molecule has 2 aromatic rings. The monoisotopic (exact) mass is 428 g/mol. The van der Waals surface area contributed by atoms with Gasteiger partial charge in [-0.15, -0.1) is 0 Å². The third-order valence-electron chi connectivity index (χ3n) is 4.05. The van der Waals surface area contributed by atoms with Crippen LogP contribution in [0.4, 0.5) is 0 Å². The van der Waals surface area contributed by atoms with Crippen molar-refractivity contribution in [3.63, 3.8) is 0 Å². The predicted molar refractivity (Wildman–Crippen MR) is 99.7 cm³/mol. The number of hydrogen-bond acceptors (Lipinski definition) is 0. The summed E-state index contributed by atoms with van der Waals surface area (Å²) in [4.78, 5) is 0.145. The number of hydrogen-bond donors (Lipinski definition) is 0. The molecule has 21 heavy (non-hydrogen) atoms. The van der Waals surface area contributed by atoms with Gasteiger partial charge in [0.15, 0.2) is 0 Å². The minimum Gasteiger partial charge on any atom is -0.0843 e. The number of alkyl halides is 1. The van der Waals surface area contributed by atoms with Crippen molar-refractivity contribution in [2.24, 2.45) is 0 Å². The Kier molecular flexibility index (Phi) is 5.56. The van der Waals surface area contributed by atoms with Crippen molar-refractivity contribution in [2.75, 3.05) is 0 Å². The summed E-state index contributed by atoms with van der Waals surface area (Å²) in [5.41, 5.74) is 3.98. The summed E-state index contributed by atoms with van der Waals surface area (Å²) >= 11 is 13.4. The zero-order valence-corrected chi connectivity index (χ0v) is 16.4. The Morgan fingerprint density at radius 2 is 1.67 bits per heavy atom. The first-order chi connectivity index (χ1) is 9.83. The molecule has 0 aliphatic carbocycles. The number of rotatable bonds is 4. The van der Waals surface area contributed by atoms with Crippen LogP contribution in [0, 0.1) is 0 Å². The molecule has 0 aliphatic heterocycles. The van der Waals surface area contributed by atoms with Gasteiger partial charge in [-0.05, 0) is 46.7 Å². The Morgan fingerprint density at radius 1 is 1.05 bits per heavy atom. The summed E-state index contributed by atoms with van der Waals surface area (Å²) in [7, 11) is 0. The second-order valence-electron chi connectivity index (χ2n) is 5.92. The van der Waals surface area contributed by atoms with Gasteiger partial charge >= 0.3 is 0 Å². The predicted octanol–water partition coefficient (Wildman–Crippen LogP) is 7.27. The molecule has 0 heterocycles. The Morgan fingerprint density at radius 3 is 2.19 bits per heavy atom. The number of halogens is 3. The smallest absolute Gasteiger partial charge is 0.0645 e. The fourth-order valence-electron chi connectivity index (χ4n) is 2.22. The van der Waals surface area contributed by atoms with Gasteiger partial charge in [0.25, 0.3) is 0 Å². The fraction of sp³-hybridized carbons (Fsp3) is 0.333. The molecule has 0 spiro atoms. The minimum atomic E-state index is 0.145. The lowest BCUT2D eigenvalue weighted by molar-refractivity contribution is 0.506. The molecule has 0 amide bonds. The summed E-state index contributed by atoms with van der Waals surface area (Å²) < 4.78 is 0.998. The van der Waals surface area contributed by atoms with Gasteiger partial charge in [0, 0.05) is 9.50 Å². The largest absolute Gasteiger partial charge is 0.0843 e. The van der Waals surface area contributed by atoms with E-state index >= 15 is 0 Å². The van der Waals surface area contributed by atoms with Crippen molar-refractivity contribution in [3.8, 4) is 0 Å². The van der Waals surface area contributed by atoms with Crippen LogP contribution >= 0.6 is 43.5 Å².